The number of unbranched alkanes of at least 4 members (excludes halogenated alkanes) is 1. The zero-order chi connectivity index (χ0) is 23.1. The highest BCUT2D eigenvalue weighted by atomic mass is 16.5. The second kappa shape index (κ2) is 10.8. The van der Waals surface area contributed by atoms with Crippen LogP contribution in [0.2, 0.25) is 0 Å². The number of aromatic nitrogens is 4. The lowest BCUT2D eigenvalue weighted by Gasteiger charge is -2.14. The van der Waals surface area contributed by atoms with Gasteiger partial charge < -0.3 is 25.7 Å². The fraction of sp³-hybridized carbons (Fsp3) is 0.478. The number of fused-ring (bicyclic) bond motifs is 1. The van der Waals surface area contributed by atoms with Gasteiger partial charge in [-0.15, -0.1) is 10.2 Å². The summed E-state index contributed by atoms with van der Waals surface area (Å²) in [5.41, 5.74) is 9.66. The summed E-state index contributed by atoms with van der Waals surface area (Å²) in [5, 5.41) is 13.8. The number of anilines is 1. The molecule has 0 aliphatic carbocycles. The van der Waals surface area contributed by atoms with Crippen LogP contribution in [0.1, 0.15) is 57.5 Å². The number of carbonyl (C=O) groups excluding carboxylic acids is 1. The summed E-state index contributed by atoms with van der Waals surface area (Å²) in [6.45, 7) is 9.64. The molecule has 0 radical (unpaired) electrons. The van der Waals surface area contributed by atoms with Gasteiger partial charge in [0.05, 0.1) is 6.10 Å². The van der Waals surface area contributed by atoms with Crippen molar-refractivity contribution in [2.75, 3.05) is 12.3 Å². The van der Waals surface area contributed by atoms with E-state index in [1.165, 1.54) is 0 Å². The van der Waals surface area contributed by atoms with Crippen LogP contribution in [0, 0.1) is 0 Å². The minimum atomic E-state index is -0.168. The lowest BCUT2D eigenvalue weighted by Crippen LogP contribution is -2.34. The van der Waals surface area contributed by atoms with Crippen LogP contribution < -0.4 is 21.1 Å². The van der Waals surface area contributed by atoms with Crippen LogP contribution in [0.15, 0.2) is 24.3 Å². The van der Waals surface area contributed by atoms with Crippen LogP contribution in [0.5, 0.6) is 5.88 Å². The van der Waals surface area contributed by atoms with Crippen LogP contribution in [-0.4, -0.2) is 38.4 Å². The number of rotatable bonds is 10. The molecule has 0 aliphatic rings. The molecule has 32 heavy (non-hydrogen) atoms. The molecule has 2 heterocycles. The Morgan fingerprint density at radius 1 is 1.12 bits per heavy atom. The lowest BCUT2D eigenvalue weighted by atomic mass is 10.1. The van der Waals surface area contributed by atoms with Crippen molar-refractivity contribution in [1.29, 1.82) is 0 Å². The first kappa shape index (κ1) is 23.3. The second-order valence-corrected chi connectivity index (χ2v) is 8.00. The van der Waals surface area contributed by atoms with Gasteiger partial charge in [0.25, 0.3) is 5.88 Å². The van der Waals surface area contributed by atoms with E-state index < -0.39 is 0 Å². The third kappa shape index (κ3) is 5.66. The minimum Gasteiger partial charge on any atom is -0.472 e. The highest BCUT2D eigenvalue weighted by molar-refractivity contribution is 5.88. The summed E-state index contributed by atoms with van der Waals surface area (Å²) in [7, 11) is 0. The highest BCUT2D eigenvalue weighted by Gasteiger charge is 2.20. The Morgan fingerprint density at radius 2 is 1.84 bits per heavy atom. The topological polar surface area (TPSA) is 120 Å². The first-order valence-corrected chi connectivity index (χ1v) is 11.2. The van der Waals surface area contributed by atoms with Crippen LogP contribution in [0.3, 0.4) is 0 Å². The number of nitrogens with zero attached hydrogens (tertiary/aromatic N) is 4. The molecule has 0 saturated heterocycles. The zero-order valence-corrected chi connectivity index (χ0v) is 19.3. The maximum Gasteiger partial charge on any atom is 0.315 e. The van der Waals surface area contributed by atoms with E-state index in [2.05, 4.69) is 44.5 Å². The number of hydrogen-bond donors (Lipinski definition) is 3. The molecule has 0 spiro atoms. The highest BCUT2D eigenvalue weighted by Crippen LogP contribution is 2.29. The van der Waals surface area contributed by atoms with Gasteiger partial charge in [-0.05, 0) is 38.3 Å². The predicted octanol–water partition coefficient (Wildman–Crippen LogP) is 3.41. The second-order valence-electron chi connectivity index (χ2n) is 8.00. The molecule has 4 N–H and O–H groups in total. The molecule has 2 aromatic heterocycles. The molecule has 172 valence electrons. The van der Waals surface area contributed by atoms with Gasteiger partial charge in [0.15, 0.2) is 5.82 Å². The van der Waals surface area contributed by atoms with Crippen molar-refractivity contribution in [3.05, 3.63) is 41.2 Å². The molecule has 9 nitrogen and oxygen atoms in total. The SMILES string of the molecule is CCCCc1nc2c(N)nnc(OC(C)C)c2n1Cc1ccc(CNC(=O)NCC)cc1. The third-order valence-electron chi connectivity index (χ3n) is 5.00. The fourth-order valence-electron chi connectivity index (χ4n) is 3.44. The number of nitrogens with two attached hydrogens (primary N) is 1. The molecule has 3 aromatic rings. The molecule has 0 fully saturated rings. The summed E-state index contributed by atoms with van der Waals surface area (Å²) in [6, 6.07) is 7.99. The summed E-state index contributed by atoms with van der Waals surface area (Å²) >= 11 is 0. The number of hydrogen-bond acceptors (Lipinski definition) is 6. The van der Waals surface area contributed by atoms with Crippen molar-refractivity contribution in [3.63, 3.8) is 0 Å². The van der Waals surface area contributed by atoms with Gasteiger partial charge in [-0.1, -0.05) is 37.6 Å². The van der Waals surface area contributed by atoms with Crippen LogP contribution in [-0.2, 0) is 19.5 Å². The van der Waals surface area contributed by atoms with Gasteiger partial charge in [-0.2, -0.15) is 0 Å². The van der Waals surface area contributed by atoms with Crippen LogP contribution >= 0.6 is 0 Å². The van der Waals surface area contributed by atoms with Gasteiger partial charge in [0.2, 0.25) is 0 Å². The molecule has 0 aliphatic heterocycles. The monoisotopic (exact) mass is 439 g/mol. The average molecular weight is 440 g/mol. The molecule has 0 unspecified atom stereocenters. The largest absolute Gasteiger partial charge is 0.472 e. The van der Waals surface area contributed by atoms with E-state index in [1.54, 1.807) is 0 Å². The molecule has 0 atom stereocenters. The first-order chi connectivity index (χ1) is 15.4. The van der Waals surface area contributed by atoms with Gasteiger partial charge in [-0.3, -0.25) is 0 Å². The number of amides is 2. The van der Waals surface area contributed by atoms with E-state index in [-0.39, 0.29) is 12.1 Å². The maximum absolute atomic E-state index is 11.6. The van der Waals surface area contributed by atoms with E-state index >= 15 is 0 Å². The number of urea groups is 1. The number of aryl methyl sites for hydroxylation is 1. The van der Waals surface area contributed by atoms with Crippen molar-refractivity contribution < 1.29 is 9.53 Å². The number of carbonyl (C=O) groups is 1. The third-order valence-corrected chi connectivity index (χ3v) is 5.00. The minimum absolute atomic E-state index is 0.0461. The van der Waals surface area contributed by atoms with E-state index in [0.29, 0.717) is 36.8 Å². The van der Waals surface area contributed by atoms with Gasteiger partial charge >= 0.3 is 6.03 Å². The molecule has 1 aromatic carbocycles. The Bertz CT molecular complexity index is 1040. The van der Waals surface area contributed by atoms with Gasteiger partial charge in [0.1, 0.15) is 16.9 Å². The van der Waals surface area contributed by atoms with E-state index in [1.807, 2.05) is 32.9 Å². The summed E-state index contributed by atoms with van der Waals surface area (Å²) < 4.78 is 8.07. The zero-order valence-electron chi connectivity index (χ0n) is 19.3. The Kier molecular flexibility index (Phi) is 7.86. The van der Waals surface area contributed by atoms with Crippen molar-refractivity contribution >= 4 is 22.9 Å². The Morgan fingerprint density at radius 3 is 2.50 bits per heavy atom. The van der Waals surface area contributed by atoms with E-state index in [0.717, 1.165) is 41.7 Å². The molecule has 9 heteroatoms. The van der Waals surface area contributed by atoms with Crippen LogP contribution in [0.25, 0.3) is 11.0 Å². The summed E-state index contributed by atoms with van der Waals surface area (Å²) in [5.74, 6) is 1.69. The molecule has 0 saturated carbocycles. The number of nitrogen functional groups attached to an aromatic ring is 1. The number of nitrogens with one attached hydrogen (secondary N) is 2. The summed E-state index contributed by atoms with van der Waals surface area (Å²) in [4.78, 5) is 16.4. The van der Waals surface area contributed by atoms with E-state index in [9.17, 15) is 4.79 Å². The first-order valence-electron chi connectivity index (χ1n) is 11.2. The Balaban J connectivity index is 1.90. The predicted molar refractivity (Wildman–Crippen MR) is 126 cm³/mol. The van der Waals surface area contributed by atoms with E-state index in [4.69, 9.17) is 15.5 Å². The van der Waals surface area contributed by atoms with Crippen LogP contribution in [0.4, 0.5) is 10.6 Å². The Hall–Kier alpha value is -3.36. The average Bonchev–Trinajstić information content (AvgIpc) is 3.13. The van der Waals surface area contributed by atoms with Gasteiger partial charge in [0, 0.05) is 26.1 Å². The molecular formula is C23H33N7O2. The van der Waals surface area contributed by atoms with Crippen molar-refractivity contribution in [3.8, 4) is 5.88 Å². The van der Waals surface area contributed by atoms with Crippen molar-refractivity contribution in [2.24, 2.45) is 0 Å². The standard InChI is InChI=1S/C23H33N7O2/c1-5-7-8-18-27-19-20(22(32-15(3)4)29-28-21(19)24)30(18)14-17-11-9-16(10-12-17)13-26-23(31)25-6-2/h9-12,15H,5-8,13-14H2,1-4H3,(H2,24,28)(H2,25,26,31). The summed E-state index contributed by atoms with van der Waals surface area (Å²) in [6.07, 6.45) is 2.88. The number of benzene rings is 1. The normalized spacial score (nSPS) is 11.2. The number of ether oxygens (including phenoxy) is 1. The van der Waals surface area contributed by atoms with Crippen molar-refractivity contribution in [2.45, 2.75) is 66.2 Å². The number of imidazole rings is 1. The van der Waals surface area contributed by atoms with Gasteiger partial charge in [-0.25, -0.2) is 9.78 Å². The molecule has 0 bridgehead atoms. The quantitative estimate of drug-likeness (QED) is 0.445. The molecule has 2 amide bonds. The Labute approximate surface area is 188 Å². The molecule has 3 rings (SSSR count). The molecular weight excluding hydrogens is 406 g/mol. The van der Waals surface area contributed by atoms with Crippen molar-refractivity contribution in [1.82, 2.24) is 30.4 Å². The fourth-order valence-corrected chi connectivity index (χ4v) is 3.44. The maximum atomic E-state index is 11.6. The lowest BCUT2D eigenvalue weighted by molar-refractivity contribution is 0.232. The smallest absolute Gasteiger partial charge is 0.315 e.